The largest absolute Gasteiger partial charge is 0.506 e. The van der Waals surface area contributed by atoms with E-state index in [2.05, 4.69) is 43.1 Å². The van der Waals surface area contributed by atoms with Gasteiger partial charge < -0.3 is 5.11 Å². The van der Waals surface area contributed by atoms with Crippen molar-refractivity contribution in [1.29, 1.82) is 0 Å². The molecule has 20 heavy (non-hydrogen) atoms. The second-order valence-electron chi connectivity index (χ2n) is 3.62. The fraction of sp³-hybridized carbons (Fsp3) is 0. The normalized spacial score (nSPS) is 10.7. The lowest BCUT2D eigenvalue weighted by Crippen LogP contribution is -2.19. The maximum atomic E-state index is 11.7. The monoisotopic (exact) mass is 494 g/mol. The summed E-state index contributed by atoms with van der Waals surface area (Å²) in [5, 5.41) is 13.7. The van der Waals surface area contributed by atoms with Gasteiger partial charge in [-0.3, -0.25) is 9.78 Å². The van der Waals surface area contributed by atoms with Crippen molar-refractivity contribution in [2.75, 3.05) is 0 Å². The molecule has 0 radical (unpaired) electrons. The van der Waals surface area contributed by atoms with Gasteiger partial charge in [-0.1, -0.05) is 0 Å². The summed E-state index contributed by atoms with van der Waals surface area (Å²) < 4.78 is 1.68. The first-order valence-corrected chi connectivity index (χ1v) is 7.51. The zero-order valence-electron chi connectivity index (χ0n) is 9.92. The molecule has 1 aromatic heterocycles. The molecule has 8 heteroatoms. The van der Waals surface area contributed by atoms with E-state index in [0.717, 1.165) is 7.14 Å². The fourth-order valence-electron chi connectivity index (χ4n) is 1.32. The summed E-state index contributed by atoms with van der Waals surface area (Å²) >= 11 is 4.17. The minimum atomic E-state index is -0.464. The van der Waals surface area contributed by atoms with Crippen LogP contribution in [0.4, 0.5) is 0 Å². The number of carbonyl (C=O) groups is 1. The molecule has 0 spiro atoms. The van der Waals surface area contributed by atoms with E-state index in [4.69, 9.17) is 0 Å². The highest BCUT2D eigenvalue weighted by Gasteiger charge is 2.07. The standard InChI is InChI=1S/C12H8I2N4O2/c13-8-3-7(11(19)9(14)4-8)5-17-18-12(20)10-6-15-1-2-16-10/h1-6,19H,(H,18,20). The van der Waals surface area contributed by atoms with Crippen molar-refractivity contribution < 1.29 is 9.90 Å². The Labute approximate surface area is 142 Å². The first-order valence-electron chi connectivity index (χ1n) is 5.35. The maximum absolute atomic E-state index is 11.7. The summed E-state index contributed by atoms with van der Waals surface area (Å²) in [5.41, 5.74) is 3.03. The minimum Gasteiger partial charge on any atom is -0.506 e. The molecule has 0 fully saturated rings. The molecule has 2 aromatic rings. The van der Waals surface area contributed by atoms with Crippen LogP contribution < -0.4 is 5.43 Å². The van der Waals surface area contributed by atoms with Gasteiger partial charge in [0.15, 0.2) is 0 Å². The third-order valence-corrected chi connectivity index (χ3v) is 3.67. The molecule has 1 amide bonds. The van der Waals surface area contributed by atoms with Crippen molar-refractivity contribution in [3.63, 3.8) is 0 Å². The van der Waals surface area contributed by atoms with E-state index in [1.165, 1.54) is 24.8 Å². The molecule has 2 rings (SSSR count). The number of halogens is 2. The van der Waals surface area contributed by atoms with E-state index >= 15 is 0 Å². The Bertz CT molecular complexity index is 662. The number of aromatic nitrogens is 2. The van der Waals surface area contributed by atoms with Gasteiger partial charge in [0.05, 0.1) is 16.0 Å². The number of hydrazone groups is 1. The first kappa shape index (κ1) is 15.1. The molecule has 1 aromatic carbocycles. The van der Waals surface area contributed by atoms with Crippen LogP contribution >= 0.6 is 45.2 Å². The van der Waals surface area contributed by atoms with Crippen LogP contribution in [0.3, 0.4) is 0 Å². The summed E-state index contributed by atoms with van der Waals surface area (Å²) in [6.07, 6.45) is 5.63. The lowest BCUT2D eigenvalue weighted by Gasteiger charge is -2.03. The van der Waals surface area contributed by atoms with Crippen molar-refractivity contribution in [1.82, 2.24) is 15.4 Å². The average molecular weight is 494 g/mol. The van der Waals surface area contributed by atoms with Crippen LogP contribution in [-0.2, 0) is 0 Å². The number of rotatable bonds is 3. The Balaban J connectivity index is 2.10. The highest BCUT2D eigenvalue weighted by molar-refractivity contribution is 14.1. The molecule has 0 aliphatic heterocycles. The number of nitrogens with zero attached hydrogens (tertiary/aromatic N) is 3. The molecule has 0 bridgehead atoms. The van der Waals surface area contributed by atoms with Crippen LogP contribution in [0, 0.1) is 7.14 Å². The third kappa shape index (κ3) is 3.85. The van der Waals surface area contributed by atoms with E-state index in [-0.39, 0.29) is 11.4 Å². The van der Waals surface area contributed by atoms with E-state index in [1.54, 1.807) is 6.07 Å². The summed E-state index contributed by atoms with van der Waals surface area (Å²) in [4.78, 5) is 19.3. The van der Waals surface area contributed by atoms with Crippen molar-refractivity contribution in [3.05, 3.63) is 49.1 Å². The predicted octanol–water partition coefficient (Wildman–Crippen LogP) is 2.16. The van der Waals surface area contributed by atoms with E-state index in [0.29, 0.717) is 5.56 Å². The summed E-state index contributed by atoms with van der Waals surface area (Å²) in [6, 6.07) is 3.60. The van der Waals surface area contributed by atoms with Gasteiger partial charge in [-0.2, -0.15) is 5.10 Å². The number of carbonyl (C=O) groups excluding carboxylic acids is 1. The molecule has 0 aliphatic carbocycles. The van der Waals surface area contributed by atoms with Crippen molar-refractivity contribution >= 4 is 57.3 Å². The lowest BCUT2D eigenvalue weighted by molar-refractivity contribution is 0.0949. The molecule has 2 N–H and O–H groups in total. The topological polar surface area (TPSA) is 87.5 Å². The zero-order chi connectivity index (χ0) is 14.5. The SMILES string of the molecule is O=C(NN=Cc1cc(I)cc(I)c1O)c1cnccn1. The van der Waals surface area contributed by atoms with E-state index < -0.39 is 5.91 Å². The zero-order valence-corrected chi connectivity index (χ0v) is 14.2. The van der Waals surface area contributed by atoms with Crippen molar-refractivity contribution in [3.8, 4) is 5.75 Å². The van der Waals surface area contributed by atoms with Crippen molar-refractivity contribution in [2.45, 2.75) is 0 Å². The number of benzene rings is 1. The van der Waals surface area contributed by atoms with Crippen LogP contribution in [0.15, 0.2) is 35.8 Å². The fourth-order valence-corrected chi connectivity index (χ4v) is 3.21. The minimum absolute atomic E-state index is 0.128. The molecular weight excluding hydrogens is 486 g/mol. The summed E-state index contributed by atoms with van der Waals surface area (Å²) in [7, 11) is 0. The number of nitrogens with one attached hydrogen (secondary N) is 1. The second kappa shape index (κ2) is 6.92. The average Bonchev–Trinajstić information content (AvgIpc) is 2.44. The number of hydrogen-bond donors (Lipinski definition) is 2. The van der Waals surface area contributed by atoms with Gasteiger partial charge in [0.2, 0.25) is 0 Å². The van der Waals surface area contributed by atoms with Gasteiger partial charge in [-0.15, -0.1) is 0 Å². The molecular formula is C12H8I2N4O2. The molecule has 102 valence electrons. The van der Waals surface area contributed by atoms with Gasteiger partial charge in [0.25, 0.3) is 5.91 Å². The Morgan fingerprint density at radius 2 is 2.15 bits per heavy atom. The smallest absolute Gasteiger partial charge is 0.291 e. The van der Waals surface area contributed by atoms with Gasteiger partial charge >= 0.3 is 0 Å². The lowest BCUT2D eigenvalue weighted by atomic mass is 10.2. The molecule has 0 aliphatic rings. The van der Waals surface area contributed by atoms with Crippen LogP contribution in [0.5, 0.6) is 5.75 Å². The highest BCUT2D eigenvalue weighted by Crippen LogP contribution is 2.25. The Hall–Kier alpha value is -1.30. The van der Waals surface area contributed by atoms with Gasteiger partial charge in [-0.05, 0) is 57.3 Å². The predicted molar refractivity (Wildman–Crippen MR) is 90.6 cm³/mol. The Morgan fingerprint density at radius 1 is 1.35 bits per heavy atom. The Kier molecular flexibility index (Phi) is 5.23. The second-order valence-corrected chi connectivity index (χ2v) is 6.02. The van der Waals surface area contributed by atoms with Gasteiger partial charge in [-0.25, -0.2) is 10.4 Å². The van der Waals surface area contributed by atoms with Crippen LogP contribution in [0.25, 0.3) is 0 Å². The quantitative estimate of drug-likeness (QED) is 0.389. The molecule has 0 unspecified atom stereocenters. The maximum Gasteiger partial charge on any atom is 0.291 e. The third-order valence-electron chi connectivity index (χ3n) is 2.22. The molecule has 0 saturated heterocycles. The number of phenols is 1. The number of aromatic hydroxyl groups is 1. The van der Waals surface area contributed by atoms with Crippen LogP contribution in [-0.4, -0.2) is 27.2 Å². The first-order chi connectivity index (χ1) is 9.58. The van der Waals surface area contributed by atoms with Gasteiger partial charge in [0.1, 0.15) is 11.4 Å². The van der Waals surface area contributed by atoms with Crippen molar-refractivity contribution in [2.24, 2.45) is 5.10 Å². The number of phenolic OH excluding ortho intramolecular Hbond substituents is 1. The Morgan fingerprint density at radius 3 is 2.85 bits per heavy atom. The molecule has 6 nitrogen and oxygen atoms in total. The van der Waals surface area contributed by atoms with Crippen LogP contribution in [0.1, 0.15) is 16.1 Å². The number of hydrogen-bond acceptors (Lipinski definition) is 5. The molecule has 1 heterocycles. The highest BCUT2D eigenvalue weighted by atomic mass is 127. The number of amides is 1. The molecule has 0 saturated carbocycles. The summed E-state index contributed by atoms with van der Waals surface area (Å²) in [6.45, 7) is 0. The van der Waals surface area contributed by atoms with Gasteiger partial charge in [0, 0.05) is 21.5 Å². The summed E-state index contributed by atoms with van der Waals surface area (Å²) in [5.74, 6) is -0.335. The van der Waals surface area contributed by atoms with Crippen LogP contribution in [0.2, 0.25) is 0 Å². The van der Waals surface area contributed by atoms with E-state index in [9.17, 15) is 9.90 Å². The molecule has 0 atom stereocenters. The van der Waals surface area contributed by atoms with E-state index in [1.807, 2.05) is 28.7 Å².